The fourth-order valence-electron chi connectivity index (χ4n) is 1.74. The molecule has 6 heteroatoms. The Morgan fingerprint density at radius 2 is 2.00 bits per heavy atom. The standard InChI is InChI=1S/C15H21NO5/c1-11-4-5-13(20-3)12(8-11)9-15(18)21-10-14(17)16-6-7-19-2/h4-5,8H,6-7,9-10H2,1-3H3,(H,16,17). The van der Waals surface area contributed by atoms with Gasteiger partial charge in [0, 0.05) is 19.2 Å². The Morgan fingerprint density at radius 3 is 2.67 bits per heavy atom. The van der Waals surface area contributed by atoms with E-state index >= 15 is 0 Å². The zero-order valence-electron chi connectivity index (χ0n) is 12.6. The lowest BCUT2D eigenvalue weighted by Gasteiger charge is -2.10. The molecule has 116 valence electrons. The molecule has 1 amide bonds. The summed E-state index contributed by atoms with van der Waals surface area (Å²) in [5.74, 6) is -0.195. The summed E-state index contributed by atoms with van der Waals surface area (Å²) in [5.41, 5.74) is 1.76. The normalized spacial score (nSPS) is 10.0. The first kappa shape index (κ1) is 17.0. The van der Waals surface area contributed by atoms with Crippen LogP contribution in [0.2, 0.25) is 0 Å². The van der Waals surface area contributed by atoms with Gasteiger partial charge in [0.1, 0.15) is 5.75 Å². The molecule has 1 N–H and O–H groups in total. The van der Waals surface area contributed by atoms with Gasteiger partial charge in [0.2, 0.25) is 0 Å². The quantitative estimate of drug-likeness (QED) is 0.568. The second-order valence-electron chi connectivity index (χ2n) is 4.50. The Balaban J connectivity index is 2.43. The van der Waals surface area contributed by atoms with Crippen LogP contribution >= 0.6 is 0 Å². The van der Waals surface area contributed by atoms with Gasteiger partial charge in [-0.15, -0.1) is 0 Å². The van der Waals surface area contributed by atoms with Crippen LogP contribution < -0.4 is 10.1 Å². The Hall–Kier alpha value is -2.08. The minimum absolute atomic E-state index is 0.0657. The average Bonchev–Trinajstić information content (AvgIpc) is 2.46. The van der Waals surface area contributed by atoms with Crippen molar-refractivity contribution in [3.05, 3.63) is 29.3 Å². The van der Waals surface area contributed by atoms with E-state index in [4.69, 9.17) is 14.2 Å². The summed E-state index contributed by atoms with van der Waals surface area (Å²) in [5, 5.41) is 2.57. The van der Waals surface area contributed by atoms with E-state index in [1.807, 2.05) is 19.1 Å². The molecule has 0 spiro atoms. The minimum Gasteiger partial charge on any atom is -0.496 e. The van der Waals surface area contributed by atoms with Gasteiger partial charge < -0.3 is 19.5 Å². The summed E-state index contributed by atoms with van der Waals surface area (Å²) < 4.78 is 14.9. The highest BCUT2D eigenvalue weighted by molar-refractivity contribution is 5.81. The maximum Gasteiger partial charge on any atom is 0.310 e. The van der Waals surface area contributed by atoms with E-state index in [0.717, 1.165) is 11.1 Å². The molecule has 1 rings (SSSR count). The molecule has 0 atom stereocenters. The highest BCUT2D eigenvalue weighted by Crippen LogP contribution is 2.20. The molecule has 0 aromatic heterocycles. The third-order valence-corrected chi connectivity index (χ3v) is 2.76. The summed E-state index contributed by atoms with van der Waals surface area (Å²) >= 11 is 0. The highest BCUT2D eigenvalue weighted by Gasteiger charge is 2.12. The van der Waals surface area contributed by atoms with Crippen LogP contribution in [0.25, 0.3) is 0 Å². The number of nitrogens with one attached hydrogen (secondary N) is 1. The second kappa shape index (κ2) is 8.97. The molecule has 0 fully saturated rings. The van der Waals surface area contributed by atoms with Crippen LogP contribution in [-0.4, -0.2) is 45.9 Å². The Morgan fingerprint density at radius 1 is 1.24 bits per heavy atom. The van der Waals surface area contributed by atoms with Gasteiger partial charge >= 0.3 is 5.97 Å². The summed E-state index contributed by atoms with van der Waals surface area (Å²) in [6, 6.07) is 5.56. The molecule has 0 aliphatic heterocycles. The highest BCUT2D eigenvalue weighted by atomic mass is 16.5. The molecular formula is C15H21NO5. The Bertz CT molecular complexity index is 487. The number of aryl methyl sites for hydroxylation is 1. The Kier molecular flexibility index (Phi) is 7.25. The largest absolute Gasteiger partial charge is 0.496 e. The van der Waals surface area contributed by atoms with Crippen molar-refractivity contribution >= 4 is 11.9 Å². The monoisotopic (exact) mass is 295 g/mol. The molecule has 0 bridgehead atoms. The van der Waals surface area contributed by atoms with Crippen molar-refractivity contribution in [3.63, 3.8) is 0 Å². The topological polar surface area (TPSA) is 73.9 Å². The van der Waals surface area contributed by atoms with Crippen LogP contribution in [0, 0.1) is 6.92 Å². The van der Waals surface area contributed by atoms with Gasteiger partial charge in [0.05, 0.1) is 20.1 Å². The lowest BCUT2D eigenvalue weighted by atomic mass is 10.1. The molecule has 0 aliphatic carbocycles. The zero-order chi connectivity index (χ0) is 15.7. The van der Waals surface area contributed by atoms with Crippen molar-refractivity contribution in [2.24, 2.45) is 0 Å². The van der Waals surface area contributed by atoms with Crippen molar-refractivity contribution in [1.82, 2.24) is 5.32 Å². The molecule has 0 aliphatic rings. The van der Waals surface area contributed by atoms with E-state index in [0.29, 0.717) is 18.9 Å². The summed E-state index contributed by atoms with van der Waals surface area (Å²) in [4.78, 5) is 23.1. The number of methoxy groups -OCH3 is 2. The molecular weight excluding hydrogens is 274 g/mol. The smallest absolute Gasteiger partial charge is 0.310 e. The third kappa shape index (κ3) is 6.27. The first-order valence-corrected chi connectivity index (χ1v) is 6.61. The number of hydrogen-bond donors (Lipinski definition) is 1. The number of esters is 1. The zero-order valence-corrected chi connectivity index (χ0v) is 12.6. The van der Waals surface area contributed by atoms with Crippen LogP contribution in [0.15, 0.2) is 18.2 Å². The number of hydrogen-bond acceptors (Lipinski definition) is 5. The van der Waals surface area contributed by atoms with Crippen LogP contribution in [0.4, 0.5) is 0 Å². The van der Waals surface area contributed by atoms with Crippen molar-refractivity contribution in [1.29, 1.82) is 0 Å². The number of amides is 1. The maximum absolute atomic E-state index is 11.7. The summed E-state index contributed by atoms with van der Waals surface area (Å²) in [7, 11) is 3.09. The molecule has 0 radical (unpaired) electrons. The molecule has 1 aromatic carbocycles. The van der Waals surface area contributed by atoms with Crippen molar-refractivity contribution < 1.29 is 23.8 Å². The van der Waals surface area contributed by atoms with Crippen LogP contribution in [0.5, 0.6) is 5.75 Å². The minimum atomic E-state index is -0.471. The number of ether oxygens (including phenoxy) is 3. The summed E-state index contributed by atoms with van der Waals surface area (Å²) in [6.45, 7) is 2.44. The maximum atomic E-state index is 11.7. The van der Waals surface area contributed by atoms with E-state index in [1.54, 1.807) is 20.3 Å². The second-order valence-corrected chi connectivity index (χ2v) is 4.50. The predicted molar refractivity (Wildman–Crippen MR) is 77.3 cm³/mol. The SMILES string of the molecule is COCCNC(=O)COC(=O)Cc1cc(C)ccc1OC. The molecule has 6 nitrogen and oxygen atoms in total. The summed E-state index contributed by atoms with van der Waals surface area (Å²) in [6.07, 6.45) is 0.0657. The lowest BCUT2D eigenvalue weighted by molar-refractivity contribution is -0.147. The fourth-order valence-corrected chi connectivity index (χ4v) is 1.74. The molecule has 0 unspecified atom stereocenters. The predicted octanol–water partition coefficient (Wildman–Crippen LogP) is 0.852. The van der Waals surface area contributed by atoms with Crippen molar-refractivity contribution in [2.45, 2.75) is 13.3 Å². The van der Waals surface area contributed by atoms with Crippen LogP contribution in [0.1, 0.15) is 11.1 Å². The molecule has 0 saturated carbocycles. The van der Waals surface area contributed by atoms with Gasteiger partial charge in [0.25, 0.3) is 5.91 Å². The number of carbonyl (C=O) groups is 2. The van der Waals surface area contributed by atoms with E-state index in [2.05, 4.69) is 5.32 Å². The number of benzene rings is 1. The van der Waals surface area contributed by atoms with Gasteiger partial charge in [-0.2, -0.15) is 0 Å². The molecule has 0 heterocycles. The third-order valence-electron chi connectivity index (χ3n) is 2.76. The van der Waals surface area contributed by atoms with Crippen LogP contribution in [-0.2, 0) is 25.5 Å². The van der Waals surface area contributed by atoms with Gasteiger partial charge in [-0.05, 0) is 13.0 Å². The van der Waals surface area contributed by atoms with Gasteiger partial charge in [-0.3, -0.25) is 9.59 Å². The van der Waals surface area contributed by atoms with E-state index < -0.39 is 5.97 Å². The van der Waals surface area contributed by atoms with Gasteiger partial charge in [-0.1, -0.05) is 17.7 Å². The first-order chi connectivity index (χ1) is 10.1. The lowest BCUT2D eigenvalue weighted by Crippen LogP contribution is -2.31. The van der Waals surface area contributed by atoms with E-state index in [-0.39, 0.29) is 18.9 Å². The van der Waals surface area contributed by atoms with E-state index in [1.165, 1.54) is 0 Å². The molecule has 0 saturated heterocycles. The molecule has 21 heavy (non-hydrogen) atoms. The van der Waals surface area contributed by atoms with Crippen molar-refractivity contribution in [2.75, 3.05) is 34.0 Å². The van der Waals surface area contributed by atoms with Crippen LogP contribution in [0.3, 0.4) is 0 Å². The fraction of sp³-hybridized carbons (Fsp3) is 0.467. The van der Waals surface area contributed by atoms with Crippen molar-refractivity contribution in [3.8, 4) is 5.75 Å². The first-order valence-electron chi connectivity index (χ1n) is 6.61. The average molecular weight is 295 g/mol. The number of rotatable bonds is 8. The number of carbonyl (C=O) groups excluding carboxylic acids is 2. The Labute approximate surface area is 124 Å². The molecule has 1 aromatic rings. The van der Waals surface area contributed by atoms with E-state index in [9.17, 15) is 9.59 Å². The van der Waals surface area contributed by atoms with Gasteiger partial charge in [-0.25, -0.2) is 0 Å². The van der Waals surface area contributed by atoms with Gasteiger partial charge in [0.15, 0.2) is 6.61 Å².